The monoisotopic (exact) mass is 1210 g/mol. The molecule has 1 amide bonds. The van der Waals surface area contributed by atoms with Crippen molar-refractivity contribution in [1.82, 2.24) is 5.32 Å². The topological polar surface area (TPSA) is 105 Å². The molecule has 3 atom stereocenters. The van der Waals surface area contributed by atoms with E-state index in [9.17, 15) is 19.4 Å². The van der Waals surface area contributed by atoms with Crippen molar-refractivity contribution in [2.45, 2.75) is 366 Å². The largest absolute Gasteiger partial charge is 0.472 e. The van der Waals surface area contributed by atoms with Gasteiger partial charge in [-0.15, -0.1) is 0 Å². The molecule has 3 N–H and O–H groups in total. The van der Waals surface area contributed by atoms with E-state index in [2.05, 4.69) is 79.9 Å². The number of quaternary nitrogens is 1. The molecule has 0 saturated heterocycles. The van der Waals surface area contributed by atoms with Gasteiger partial charge in [0.15, 0.2) is 0 Å². The van der Waals surface area contributed by atoms with Gasteiger partial charge in [-0.25, -0.2) is 4.57 Å². The minimum atomic E-state index is -4.35. The lowest BCUT2D eigenvalue weighted by atomic mass is 10.0. The van der Waals surface area contributed by atoms with E-state index < -0.39 is 20.0 Å². The molecule has 8 nitrogen and oxygen atoms in total. The molecule has 0 aromatic carbocycles. The summed E-state index contributed by atoms with van der Waals surface area (Å²) >= 11 is 0. The summed E-state index contributed by atoms with van der Waals surface area (Å²) in [6.07, 6.45) is 93.5. The number of carbonyl (C=O) groups excluding carboxylic acids is 1. The minimum absolute atomic E-state index is 0.0627. The van der Waals surface area contributed by atoms with Crippen LogP contribution in [0.4, 0.5) is 0 Å². The van der Waals surface area contributed by atoms with Crippen molar-refractivity contribution >= 4 is 13.7 Å². The first-order chi connectivity index (χ1) is 41.5. The second-order valence-corrected chi connectivity index (χ2v) is 27.7. The minimum Gasteiger partial charge on any atom is -0.387 e. The van der Waals surface area contributed by atoms with Crippen LogP contribution in [0.25, 0.3) is 0 Å². The first-order valence-corrected chi connectivity index (χ1v) is 38.3. The fourth-order valence-corrected chi connectivity index (χ4v) is 11.8. The van der Waals surface area contributed by atoms with Crippen LogP contribution in [0.5, 0.6) is 0 Å². The smallest absolute Gasteiger partial charge is 0.387 e. The number of aliphatic hydroxyl groups is 1. The molecule has 0 saturated carbocycles. The number of carbonyl (C=O) groups is 1. The summed E-state index contributed by atoms with van der Waals surface area (Å²) in [4.78, 5) is 23.4. The summed E-state index contributed by atoms with van der Waals surface area (Å²) < 4.78 is 23.8. The summed E-state index contributed by atoms with van der Waals surface area (Å²) in [5, 5.41) is 14.0. The molecule has 0 bridgehead atoms. The number of likely N-dealkylation sites (N-methyl/N-ethyl adjacent to an activating group) is 1. The quantitative estimate of drug-likeness (QED) is 0.0243. The molecule has 0 spiro atoms. The van der Waals surface area contributed by atoms with Crippen LogP contribution in [0, 0.1) is 0 Å². The molecule has 0 aliphatic heterocycles. The predicted molar refractivity (Wildman–Crippen MR) is 373 cm³/mol. The van der Waals surface area contributed by atoms with E-state index in [-0.39, 0.29) is 19.1 Å². The molecule has 85 heavy (non-hydrogen) atoms. The first-order valence-electron chi connectivity index (χ1n) is 36.8. The van der Waals surface area contributed by atoms with Gasteiger partial charge in [0.25, 0.3) is 0 Å². The fourth-order valence-electron chi connectivity index (χ4n) is 11.0. The third-order valence-electron chi connectivity index (χ3n) is 16.7. The molecule has 0 fully saturated rings. The van der Waals surface area contributed by atoms with E-state index in [1.165, 1.54) is 263 Å². The van der Waals surface area contributed by atoms with Crippen LogP contribution in [-0.4, -0.2) is 73.4 Å². The second-order valence-electron chi connectivity index (χ2n) is 26.3. The normalized spacial score (nSPS) is 14.0. The lowest BCUT2D eigenvalue weighted by Crippen LogP contribution is -2.45. The van der Waals surface area contributed by atoms with Crippen molar-refractivity contribution in [1.29, 1.82) is 0 Å². The van der Waals surface area contributed by atoms with Crippen molar-refractivity contribution < 1.29 is 32.9 Å². The van der Waals surface area contributed by atoms with E-state index in [4.69, 9.17) is 9.05 Å². The zero-order valence-corrected chi connectivity index (χ0v) is 58.0. The number of hydrogen-bond acceptors (Lipinski definition) is 5. The Balaban J connectivity index is 3.93. The van der Waals surface area contributed by atoms with Crippen LogP contribution in [0.15, 0.2) is 72.9 Å². The summed E-state index contributed by atoms with van der Waals surface area (Å²) in [5.74, 6) is -0.170. The molecule has 0 aliphatic carbocycles. The van der Waals surface area contributed by atoms with E-state index >= 15 is 0 Å². The number of allylic oxidation sites excluding steroid dienone is 11. The van der Waals surface area contributed by atoms with Gasteiger partial charge in [-0.2, -0.15) is 0 Å². The molecule has 0 rings (SSSR count). The van der Waals surface area contributed by atoms with E-state index in [0.29, 0.717) is 17.4 Å². The number of nitrogens with one attached hydrogen (secondary N) is 1. The third-order valence-corrected chi connectivity index (χ3v) is 17.7. The van der Waals surface area contributed by atoms with Gasteiger partial charge >= 0.3 is 7.82 Å². The Labute approximate surface area is 529 Å². The highest BCUT2D eigenvalue weighted by molar-refractivity contribution is 7.47. The van der Waals surface area contributed by atoms with E-state index in [1.807, 2.05) is 27.2 Å². The van der Waals surface area contributed by atoms with Crippen molar-refractivity contribution in [3.8, 4) is 0 Å². The van der Waals surface area contributed by atoms with Crippen LogP contribution < -0.4 is 5.32 Å². The maximum Gasteiger partial charge on any atom is 0.472 e. The average Bonchev–Trinajstić information content (AvgIpc) is 3.48. The molecule has 0 heterocycles. The standard InChI is InChI=1S/C76H143N2O6P/c1-6-8-10-12-14-16-18-20-22-24-26-28-30-31-32-33-34-35-36-37-38-39-40-41-42-43-44-45-46-47-48-50-52-54-56-58-60-62-64-66-68-70-76(80)77-74(73-84-85(81,82)83-72-71-78(3,4)5)75(79)69-67-65-63-61-59-57-55-53-51-49-29-27-25-23-21-19-17-15-13-11-9-7-2/h8,10,14,16,20,22,26,28,31-32,67,69,74-75,79H,6-7,9,11-13,15,17-19,21,23-25,27,29-30,33-66,68,70-73H2,1-5H3,(H-,77,80,81,82)/p+1/b10-8-,16-14-,22-20-,28-26-,32-31-,69-67+. The molecule has 498 valence electrons. The maximum atomic E-state index is 13.1. The van der Waals surface area contributed by atoms with Gasteiger partial charge in [0.2, 0.25) is 5.91 Å². The lowest BCUT2D eigenvalue weighted by molar-refractivity contribution is -0.870. The summed E-state index contributed by atoms with van der Waals surface area (Å²) in [5.41, 5.74) is 0. The van der Waals surface area contributed by atoms with Gasteiger partial charge in [-0.3, -0.25) is 13.8 Å². The van der Waals surface area contributed by atoms with E-state index in [0.717, 1.165) is 70.6 Å². The number of nitrogens with zero attached hydrogens (tertiary/aromatic N) is 1. The third kappa shape index (κ3) is 69.3. The number of amides is 1. The van der Waals surface area contributed by atoms with Crippen molar-refractivity contribution in [3.05, 3.63) is 72.9 Å². The lowest BCUT2D eigenvalue weighted by Gasteiger charge is -2.25. The molecular weight excluding hydrogens is 1070 g/mol. The van der Waals surface area contributed by atoms with Crippen LogP contribution in [0.2, 0.25) is 0 Å². The van der Waals surface area contributed by atoms with Crippen LogP contribution in [-0.2, 0) is 18.4 Å². The molecule has 0 radical (unpaired) electrons. The Morgan fingerprint density at radius 2 is 0.706 bits per heavy atom. The van der Waals surface area contributed by atoms with Gasteiger partial charge in [-0.05, 0) is 64.2 Å². The number of rotatable bonds is 68. The van der Waals surface area contributed by atoms with Crippen molar-refractivity contribution in [2.24, 2.45) is 0 Å². The molecule has 0 aliphatic rings. The number of unbranched alkanes of at least 4 members (excludes halogenated alkanes) is 45. The van der Waals surface area contributed by atoms with Gasteiger partial charge in [0.1, 0.15) is 13.2 Å². The highest BCUT2D eigenvalue weighted by Gasteiger charge is 2.28. The summed E-state index contributed by atoms with van der Waals surface area (Å²) in [6, 6.07) is -0.848. The Morgan fingerprint density at radius 3 is 1.04 bits per heavy atom. The molecule has 9 heteroatoms. The Hall–Kier alpha value is -2.06. The van der Waals surface area contributed by atoms with E-state index in [1.54, 1.807) is 6.08 Å². The first kappa shape index (κ1) is 82.9. The SMILES string of the molecule is CC/C=C\C/C=C\C/C=C\C/C=C\C/C=C\CCCCCCCCCCCCCCCCCCCCCCCCCCCC(=O)NC(COP(=O)(O)OCC[N+](C)(C)C)C(O)/C=C/CCCCCCCCCCCCCCCCCCCCCC. The Morgan fingerprint density at radius 1 is 0.412 bits per heavy atom. The van der Waals surface area contributed by atoms with Gasteiger partial charge in [-0.1, -0.05) is 356 Å². The van der Waals surface area contributed by atoms with Crippen molar-refractivity contribution in [3.63, 3.8) is 0 Å². The number of phosphoric ester groups is 1. The number of hydrogen-bond donors (Lipinski definition) is 3. The van der Waals surface area contributed by atoms with Crippen molar-refractivity contribution in [2.75, 3.05) is 40.9 Å². The van der Waals surface area contributed by atoms with Crippen LogP contribution >= 0.6 is 7.82 Å². The zero-order chi connectivity index (χ0) is 61.9. The van der Waals surface area contributed by atoms with Gasteiger partial charge in [0.05, 0.1) is 39.9 Å². The second kappa shape index (κ2) is 66.4. The highest BCUT2D eigenvalue weighted by Crippen LogP contribution is 2.43. The van der Waals surface area contributed by atoms with Crippen LogP contribution in [0.3, 0.4) is 0 Å². The zero-order valence-electron chi connectivity index (χ0n) is 57.1. The summed E-state index contributed by atoms with van der Waals surface area (Å²) in [6.45, 7) is 4.75. The highest BCUT2D eigenvalue weighted by atomic mass is 31.2. The maximum absolute atomic E-state index is 13.1. The molecule has 0 aromatic rings. The van der Waals surface area contributed by atoms with Crippen LogP contribution in [0.1, 0.15) is 354 Å². The number of aliphatic hydroxyl groups excluding tert-OH is 1. The molecule has 3 unspecified atom stereocenters. The predicted octanol–water partition coefficient (Wildman–Crippen LogP) is 23.7. The summed E-state index contributed by atoms with van der Waals surface area (Å²) in [7, 11) is 1.59. The Bertz CT molecular complexity index is 1620. The Kier molecular flexibility index (Phi) is 64.8. The molecule has 0 aromatic heterocycles. The molecular formula is C76H144N2O6P+. The number of phosphoric acid groups is 1. The van der Waals surface area contributed by atoms with Gasteiger partial charge in [0, 0.05) is 6.42 Å². The fraction of sp³-hybridized carbons (Fsp3) is 0.829. The average molecular weight is 1210 g/mol. The van der Waals surface area contributed by atoms with Gasteiger partial charge < -0.3 is 19.8 Å².